The van der Waals surface area contributed by atoms with Crippen LogP contribution >= 0.6 is 11.3 Å². The van der Waals surface area contributed by atoms with Gasteiger partial charge in [-0.15, -0.1) is 17.8 Å². The number of hydrogen-bond acceptors (Lipinski definition) is 4. The summed E-state index contributed by atoms with van der Waals surface area (Å²) in [6.07, 6.45) is 5.35. The normalized spacial score (nSPS) is 14.0. The Bertz CT molecular complexity index is 653. The van der Waals surface area contributed by atoms with E-state index in [4.69, 9.17) is 11.2 Å². The number of benzene rings is 1. The zero-order chi connectivity index (χ0) is 15.5. The molecule has 0 bridgehead atoms. The molecule has 0 aliphatic heterocycles. The molecule has 4 heteroatoms. The number of terminal acetylenes is 1. The van der Waals surface area contributed by atoms with Crippen molar-refractivity contribution in [1.29, 1.82) is 0 Å². The minimum absolute atomic E-state index is 0.449. The highest BCUT2D eigenvalue weighted by Crippen LogP contribution is 2.35. The third kappa shape index (κ3) is 2.99. The lowest BCUT2D eigenvalue weighted by Gasteiger charge is -2.29. The van der Waals surface area contributed by atoms with Gasteiger partial charge >= 0.3 is 5.97 Å². The van der Waals surface area contributed by atoms with Crippen molar-refractivity contribution in [2.24, 2.45) is 0 Å². The fourth-order valence-electron chi connectivity index (χ4n) is 1.86. The summed E-state index contributed by atoms with van der Waals surface area (Å²) < 4.78 is 5.31. The van der Waals surface area contributed by atoms with Crippen molar-refractivity contribution >= 4 is 17.3 Å². The van der Waals surface area contributed by atoms with Crippen LogP contribution in [0.2, 0.25) is 0 Å². The van der Waals surface area contributed by atoms with E-state index in [1.54, 1.807) is 55.6 Å². The first kappa shape index (κ1) is 15.3. The van der Waals surface area contributed by atoms with Gasteiger partial charge in [0.2, 0.25) is 5.60 Å². The van der Waals surface area contributed by atoms with E-state index >= 15 is 0 Å². The van der Waals surface area contributed by atoms with Crippen LogP contribution in [0.1, 0.15) is 24.3 Å². The molecule has 1 aromatic heterocycles. The van der Waals surface area contributed by atoms with E-state index < -0.39 is 17.2 Å². The van der Waals surface area contributed by atoms with Gasteiger partial charge in [0.1, 0.15) is 0 Å². The summed E-state index contributed by atoms with van der Waals surface area (Å²) in [5.74, 6) is 1.61. The van der Waals surface area contributed by atoms with Gasteiger partial charge in [-0.3, -0.25) is 0 Å². The van der Waals surface area contributed by atoms with Crippen molar-refractivity contribution < 1.29 is 14.6 Å². The monoisotopic (exact) mass is 300 g/mol. The molecule has 1 unspecified atom stereocenters. The van der Waals surface area contributed by atoms with Crippen molar-refractivity contribution in [3.8, 4) is 12.3 Å². The van der Waals surface area contributed by atoms with Crippen LogP contribution < -0.4 is 0 Å². The number of esters is 1. The molecule has 21 heavy (non-hydrogen) atoms. The molecule has 0 aliphatic carbocycles. The van der Waals surface area contributed by atoms with Crippen LogP contribution in [0.15, 0.2) is 47.8 Å². The topological polar surface area (TPSA) is 46.5 Å². The Morgan fingerprint density at radius 3 is 2.43 bits per heavy atom. The highest BCUT2D eigenvalue weighted by molar-refractivity contribution is 7.10. The summed E-state index contributed by atoms with van der Waals surface area (Å²) in [4.78, 5) is 13.1. The molecule has 0 amide bonds. The second-order valence-electron chi connectivity index (χ2n) is 5.10. The number of carbonyl (C=O) groups excluding carboxylic acids is 1. The summed E-state index contributed by atoms with van der Waals surface area (Å²) in [6, 6.07) is 12.2. The molecule has 108 valence electrons. The average Bonchev–Trinajstić information content (AvgIpc) is 3.01. The van der Waals surface area contributed by atoms with Gasteiger partial charge in [-0.1, -0.05) is 42.3 Å². The molecule has 1 aromatic carbocycles. The minimum Gasteiger partial charge on any atom is -0.444 e. The van der Waals surface area contributed by atoms with Crippen LogP contribution in [0, 0.1) is 12.3 Å². The predicted octanol–water partition coefficient (Wildman–Crippen LogP) is 2.94. The highest BCUT2D eigenvalue weighted by atomic mass is 32.1. The van der Waals surface area contributed by atoms with Crippen LogP contribution in [-0.4, -0.2) is 16.7 Å². The molecule has 1 heterocycles. The van der Waals surface area contributed by atoms with Gasteiger partial charge < -0.3 is 9.84 Å². The maximum atomic E-state index is 12.6. The van der Waals surface area contributed by atoms with E-state index in [1.165, 1.54) is 11.3 Å². The number of thiophene rings is 1. The standard InChI is InChI=1S/C17H16O3S/c1-4-16(2,3)20-15(18)17(19,14-11-8-12-21-14)13-9-6-5-7-10-13/h1,5-12,19H,2-3H3. The molecular formula is C17H16O3S. The van der Waals surface area contributed by atoms with E-state index in [9.17, 15) is 9.90 Å². The smallest absolute Gasteiger partial charge is 0.350 e. The molecule has 2 rings (SSSR count). The fraction of sp³-hybridized carbons (Fsp3) is 0.235. The van der Waals surface area contributed by atoms with Gasteiger partial charge in [0, 0.05) is 5.56 Å². The lowest BCUT2D eigenvalue weighted by atomic mass is 9.92. The van der Waals surface area contributed by atoms with Gasteiger partial charge in [0.15, 0.2) is 5.60 Å². The Balaban J connectivity index is 2.49. The molecule has 0 saturated carbocycles. The number of rotatable bonds is 4. The van der Waals surface area contributed by atoms with Crippen LogP contribution in [0.5, 0.6) is 0 Å². The second-order valence-corrected chi connectivity index (χ2v) is 6.05. The zero-order valence-corrected chi connectivity index (χ0v) is 12.7. The van der Waals surface area contributed by atoms with E-state index in [-0.39, 0.29) is 0 Å². The van der Waals surface area contributed by atoms with Crippen LogP contribution in [0.3, 0.4) is 0 Å². The number of hydrogen-bond donors (Lipinski definition) is 1. The Hall–Kier alpha value is -2.09. The first-order chi connectivity index (χ1) is 9.90. The second kappa shape index (κ2) is 5.72. The summed E-state index contributed by atoms with van der Waals surface area (Å²) >= 11 is 1.28. The third-order valence-corrected chi connectivity index (χ3v) is 4.04. The van der Waals surface area contributed by atoms with E-state index in [2.05, 4.69) is 5.92 Å². The van der Waals surface area contributed by atoms with Crippen molar-refractivity contribution in [1.82, 2.24) is 0 Å². The van der Waals surface area contributed by atoms with Crippen LogP contribution in [-0.2, 0) is 15.1 Å². The lowest BCUT2D eigenvalue weighted by Crippen LogP contribution is -2.42. The maximum Gasteiger partial charge on any atom is 0.350 e. The fourth-order valence-corrected chi connectivity index (χ4v) is 2.69. The first-order valence-corrected chi connectivity index (χ1v) is 7.31. The Kier molecular flexibility index (Phi) is 4.17. The molecule has 0 spiro atoms. The molecule has 1 atom stereocenters. The third-order valence-electron chi connectivity index (χ3n) is 3.06. The van der Waals surface area contributed by atoms with Gasteiger partial charge in [0.05, 0.1) is 4.88 Å². The van der Waals surface area contributed by atoms with Gasteiger partial charge in [-0.05, 0) is 25.3 Å². The molecule has 0 saturated heterocycles. The summed E-state index contributed by atoms with van der Waals surface area (Å²) in [7, 11) is 0. The molecule has 0 radical (unpaired) electrons. The average molecular weight is 300 g/mol. The molecule has 2 aromatic rings. The number of ether oxygens (including phenoxy) is 1. The van der Waals surface area contributed by atoms with Gasteiger partial charge in [-0.25, -0.2) is 4.79 Å². The van der Waals surface area contributed by atoms with Crippen LogP contribution in [0.4, 0.5) is 0 Å². The maximum absolute atomic E-state index is 12.6. The molecule has 0 fully saturated rings. The molecule has 1 N–H and O–H groups in total. The van der Waals surface area contributed by atoms with Crippen molar-refractivity contribution in [3.05, 3.63) is 58.3 Å². The first-order valence-electron chi connectivity index (χ1n) is 6.43. The molecule has 3 nitrogen and oxygen atoms in total. The van der Waals surface area contributed by atoms with Crippen molar-refractivity contribution in [2.45, 2.75) is 25.0 Å². The minimum atomic E-state index is -1.86. The lowest BCUT2D eigenvalue weighted by molar-refractivity contribution is -0.170. The summed E-state index contributed by atoms with van der Waals surface area (Å²) in [6.45, 7) is 3.20. The Morgan fingerprint density at radius 2 is 1.90 bits per heavy atom. The highest BCUT2D eigenvalue weighted by Gasteiger charge is 2.44. The predicted molar refractivity (Wildman–Crippen MR) is 82.8 cm³/mol. The van der Waals surface area contributed by atoms with Crippen LogP contribution in [0.25, 0.3) is 0 Å². The van der Waals surface area contributed by atoms with Crippen molar-refractivity contribution in [3.63, 3.8) is 0 Å². The van der Waals surface area contributed by atoms with Crippen molar-refractivity contribution in [2.75, 3.05) is 0 Å². The Labute approximate surface area is 128 Å². The van der Waals surface area contributed by atoms with E-state index in [1.807, 2.05) is 6.07 Å². The summed E-state index contributed by atoms with van der Waals surface area (Å²) in [5.41, 5.74) is -2.49. The van der Waals surface area contributed by atoms with Gasteiger partial charge in [0.25, 0.3) is 0 Å². The zero-order valence-electron chi connectivity index (χ0n) is 11.9. The molecule has 0 aliphatic rings. The Morgan fingerprint density at radius 1 is 1.24 bits per heavy atom. The molecular weight excluding hydrogens is 284 g/mol. The quantitative estimate of drug-likeness (QED) is 0.697. The van der Waals surface area contributed by atoms with E-state index in [0.717, 1.165) is 0 Å². The number of carbonyl (C=O) groups is 1. The van der Waals surface area contributed by atoms with E-state index in [0.29, 0.717) is 10.4 Å². The largest absolute Gasteiger partial charge is 0.444 e. The summed E-state index contributed by atoms with van der Waals surface area (Å²) in [5, 5.41) is 12.8. The SMILES string of the molecule is C#CC(C)(C)OC(=O)C(O)(c1ccccc1)c1cccs1. The van der Waals surface area contributed by atoms with Gasteiger partial charge in [-0.2, -0.15) is 0 Å². The number of aliphatic hydroxyl groups is 1.